The molecule has 1 heterocycles. The van der Waals surface area contributed by atoms with E-state index in [1.165, 1.54) is 23.1 Å². The molecule has 0 aromatic heterocycles. The Morgan fingerprint density at radius 3 is 2.18 bits per heavy atom. The first kappa shape index (κ1) is 23.2. The highest BCUT2D eigenvalue weighted by atomic mass is 16.5. The molecule has 33 heavy (non-hydrogen) atoms. The minimum atomic E-state index is -0.826. The Balaban J connectivity index is 1.66. The Morgan fingerprint density at radius 2 is 1.55 bits per heavy atom. The molecule has 0 radical (unpaired) electrons. The van der Waals surface area contributed by atoms with Crippen LogP contribution in [0.3, 0.4) is 0 Å². The number of hydrogen-bond acceptors (Lipinski definition) is 7. The molecule has 1 aliphatic heterocycles. The van der Waals surface area contributed by atoms with Crippen molar-refractivity contribution in [2.24, 2.45) is 0 Å². The van der Waals surface area contributed by atoms with Gasteiger partial charge in [0.15, 0.2) is 6.61 Å². The van der Waals surface area contributed by atoms with Crippen LogP contribution in [0.1, 0.15) is 49.5 Å². The van der Waals surface area contributed by atoms with E-state index in [1.807, 2.05) is 30.3 Å². The first-order valence-electron chi connectivity index (χ1n) is 10.2. The standard InChI is InChI=1S/C24H20N4O5/c25-10-4-12-27(13-5-11-26)21(29)16-33-24(32)18-8-9-19-20(14-18)23(31)28(22(19)30)15-17-6-2-1-3-7-17/h1-3,6-9,14H,4-5,12-13,15-16H2. The summed E-state index contributed by atoms with van der Waals surface area (Å²) >= 11 is 0. The Labute approximate surface area is 190 Å². The molecule has 0 bridgehead atoms. The molecule has 0 aliphatic carbocycles. The molecule has 166 valence electrons. The summed E-state index contributed by atoms with van der Waals surface area (Å²) in [5, 5.41) is 17.4. The summed E-state index contributed by atoms with van der Waals surface area (Å²) in [7, 11) is 0. The third-order valence-electron chi connectivity index (χ3n) is 5.06. The van der Waals surface area contributed by atoms with Crippen molar-refractivity contribution in [1.82, 2.24) is 9.80 Å². The van der Waals surface area contributed by atoms with Crippen molar-refractivity contribution < 1.29 is 23.9 Å². The monoisotopic (exact) mass is 444 g/mol. The minimum absolute atomic E-state index is 0.0323. The number of nitrogens with zero attached hydrogens (tertiary/aromatic N) is 4. The van der Waals surface area contributed by atoms with Crippen molar-refractivity contribution in [3.63, 3.8) is 0 Å². The van der Waals surface area contributed by atoms with Gasteiger partial charge in [0.2, 0.25) is 0 Å². The number of nitriles is 2. The third-order valence-corrected chi connectivity index (χ3v) is 5.06. The van der Waals surface area contributed by atoms with E-state index in [4.69, 9.17) is 15.3 Å². The Morgan fingerprint density at radius 1 is 0.909 bits per heavy atom. The molecule has 3 amide bonds. The Bertz CT molecular complexity index is 1150. The maximum atomic E-state index is 12.8. The van der Waals surface area contributed by atoms with Crippen LogP contribution in [0.4, 0.5) is 0 Å². The zero-order chi connectivity index (χ0) is 23.8. The maximum Gasteiger partial charge on any atom is 0.338 e. The molecule has 0 atom stereocenters. The van der Waals surface area contributed by atoms with E-state index in [1.54, 1.807) is 12.1 Å². The fourth-order valence-corrected chi connectivity index (χ4v) is 3.36. The van der Waals surface area contributed by atoms with E-state index in [0.29, 0.717) is 0 Å². The minimum Gasteiger partial charge on any atom is -0.452 e. The zero-order valence-electron chi connectivity index (χ0n) is 17.7. The van der Waals surface area contributed by atoms with Gasteiger partial charge in [-0.1, -0.05) is 30.3 Å². The molecule has 2 aromatic rings. The number of imide groups is 1. The summed E-state index contributed by atoms with van der Waals surface area (Å²) in [5.74, 6) is -2.31. The third kappa shape index (κ3) is 5.41. The molecule has 3 rings (SSSR count). The van der Waals surface area contributed by atoms with E-state index in [-0.39, 0.29) is 49.2 Å². The molecule has 0 unspecified atom stereocenters. The van der Waals surface area contributed by atoms with Gasteiger partial charge in [0.05, 0.1) is 48.2 Å². The van der Waals surface area contributed by atoms with E-state index in [2.05, 4.69) is 0 Å². The fourth-order valence-electron chi connectivity index (χ4n) is 3.36. The summed E-state index contributed by atoms with van der Waals surface area (Å²) in [6.45, 7) is -0.203. The number of amides is 3. The molecule has 2 aromatic carbocycles. The van der Waals surface area contributed by atoms with Gasteiger partial charge in [0.1, 0.15) is 0 Å². The van der Waals surface area contributed by atoms with Gasteiger partial charge in [0.25, 0.3) is 17.7 Å². The largest absolute Gasteiger partial charge is 0.452 e. The lowest BCUT2D eigenvalue weighted by molar-refractivity contribution is -0.134. The smallest absolute Gasteiger partial charge is 0.338 e. The van der Waals surface area contributed by atoms with Crippen LogP contribution in [0.15, 0.2) is 48.5 Å². The van der Waals surface area contributed by atoms with Crippen molar-refractivity contribution in [1.29, 1.82) is 10.5 Å². The van der Waals surface area contributed by atoms with Gasteiger partial charge in [-0.05, 0) is 23.8 Å². The van der Waals surface area contributed by atoms with Crippen LogP contribution in [-0.2, 0) is 16.1 Å². The highest BCUT2D eigenvalue weighted by Crippen LogP contribution is 2.26. The average Bonchev–Trinajstić information content (AvgIpc) is 3.07. The molecule has 1 aliphatic rings. The summed E-state index contributed by atoms with van der Waals surface area (Å²) in [6.07, 6.45) is 0.178. The predicted molar refractivity (Wildman–Crippen MR) is 114 cm³/mol. The summed E-state index contributed by atoms with van der Waals surface area (Å²) < 4.78 is 5.07. The van der Waals surface area contributed by atoms with Crippen LogP contribution in [0.2, 0.25) is 0 Å². The van der Waals surface area contributed by atoms with E-state index in [0.717, 1.165) is 10.5 Å². The maximum absolute atomic E-state index is 12.8. The fraction of sp³-hybridized carbons (Fsp3) is 0.250. The lowest BCUT2D eigenvalue weighted by atomic mass is 10.1. The quantitative estimate of drug-likeness (QED) is 0.428. The van der Waals surface area contributed by atoms with Crippen molar-refractivity contribution in [2.45, 2.75) is 19.4 Å². The van der Waals surface area contributed by atoms with Crippen LogP contribution >= 0.6 is 0 Å². The summed E-state index contributed by atoms with van der Waals surface area (Å²) in [6, 6.07) is 17.0. The van der Waals surface area contributed by atoms with Crippen molar-refractivity contribution >= 4 is 23.7 Å². The molecule has 0 saturated carbocycles. The Hall–Kier alpha value is -4.50. The number of ether oxygens (including phenoxy) is 1. The van der Waals surface area contributed by atoms with Gasteiger partial charge in [-0.3, -0.25) is 19.3 Å². The highest BCUT2D eigenvalue weighted by Gasteiger charge is 2.36. The summed E-state index contributed by atoms with van der Waals surface area (Å²) in [5.41, 5.74) is 1.12. The number of fused-ring (bicyclic) bond motifs is 1. The molecular weight excluding hydrogens is 424 g/mol. The zero-order valence-corrected chi connectivity index (χ0v) is 17.7. The molecular formula is C24H20N4O5. The van der Waals surface area contributed by atoms with E-state index in [9.17, 15) is 19.2 Å². The van der Waals surface area contributed by atoms with Gasteiger partial charge in [-0.15, -0.1) is 0 Å². The number of rotatable bonds is 9. The first-order chi connectivity index (χ1) is 16.0. The van der Waals surface area contributed by atoms with Crippen LogP contribution in [0.25, 0.3) is 0 Å². The van der Waals surface area contributed by atoms with E-state index < -0.39 is 30.3 Å². The predicted octanol–water partition coefficient (Wildman–Crippen LogP) is 2.30. The molecule has 0 spiro atoms. The number of esters is 1. The topological polar surface area (TPSA) is 132 Å². The molecule has 0 saturated heterocycles. The molecule has 9 heteroatoms. The molecule has 0 N–H and O–H groups in total. The van der Waals surface area contributed by atoms with Crippen molar-refractivity contribution in [2.75, 3.05) is 19.7 Å². The summed E-state index contributed by atoms with van der Waals surface area (Å²) in [4.78, 5) is 52.6. The highest BCUT2D eigenvalue weighted by molar-refractivity contribution is 6.21. The van der Waals surface area contributed by atoms with Gasteiger partial charge in [-0.25, -0.2) is 4.79 Å². The van der Waals surface area contributed by atoms with Gasteiger partial charge < -0.3 is 9.64 Å². The Kier molecular flexibility index (Phi) is 7.51. The number of benzene rings is 2. The van der Waals surface area contributed by atoms with Gasteiger partial charge in [-0.2, -0.15) is 10.5 Å². The normalized spacial score (nSPS) is 12.0. The van der Waals surface area contributed by atoms with Gasteiger partial charge >= 0.3 is 5.97 Å². The van der Waals surface area contributed by atoms with Crippen LogP contribution in [0.5, 0.6) is 0 Å². The lowest BCUT2D eigenvalue weighted by Gasteiger charge is -2.20. The van der Waals surface area contributed by atoms with Crippen molar-refractivity contribution in [3.8, 4) is 12.1 Å². The second-order valence-electron chi connectivity index (χ2n) is 7.22. The SMILES string of the molecule is N#CCCN(CCC#N)C(=O)COC(=O)c1ccc2c(c1)C(=O)N(Cc1ccccc1)C2=O. The first-order valence-corrected chi connectivity index (χ1v) is 10.2. The van der Waals surface area contributed by atoms with Crippen LogP contribution in [-0.4, -0.2) is 53.2 Å². The van der Waals surface area contributed by atoms with Crippen molar-refractivity contribution in [3.05, 3.63) is 70.8 Å². The number of carbonyl (C=O) groups is 4. The number of carbonyl (C=O) groups excluding carboxylic acids is 4. The van der Waals surface area contributed by atoms with Gasteiger partial charge in [0, 0.05) is 13.1 Å². The van der Waals surface area contributed by atoms with Crippen LogP contribution in [0, 0.1) is 22.7 Å². The molecule has 9 nitrogen and oxygen atoms in total. The van der Waals surface area contributed by atoms with E-state index >= 15 is 0 Å². The lowest BCUT2D eigenvalue weighted by Crippen LogP contribution is -2.36. The second kappa shape index (κ2) is 10.7. The number of hydrogen-bond donors (Lipinski definition) is 0. The average molecular weight is 444 g/mol. The molecule has 0 fully saturated rings. The van der Waals surface area contributed by atoms with Crippen LogP contribution < -0.4 is 0 Å². The second-order valence-corrected chi connectivity index (χ2v) is 7.22.